The number of benzene rings is 1. The molecule has 1 aromatic heterocycles. The van der Waals surface area contributed by atoms with Gasteiger partial charge in [-0.2, -0.15) is 0 Å². The van der Waals surface area contributed by atoms with Gasteiger partial charge in [-0.3, -0.25) is 9.69 Å². The number of nitrogens with two attached hydrogens (primary N) is 1. The van der Waals surface area contributed by atoms with Gasteiger partial charge in [0, 0.05) is 17.6 Å². The lowest BCUT2D eigenvalue weighted by Crippen LogP contribution is -2.29. The van der Waals surface area contributed by atoms with Crippen molar-refractivity contribution >= 4 is 28.1 Å². The fourth-order valence-corrected chi connectivity index (χ4v) is 3.49. The SMILES string of the molecule is Nc1ccc(CC(=O)Nc2nc(CN3CCCCC3)cs2)cc1. The summed E-state index contributed by atoms with van der Waals surface area (Å²) in [6, 6.07) is 7.36. The molecule has 0 radical (unpaired) electrons. The maximum absolute atomic E-state index is 12.1. The summed E-state index contributed by atoms with van der Waals surface area (Å²) in [5.74, 6) is -0.0476. The molecule has 6 heteroatoms. The van der Waals surface area contributed by atoms with Crippen LogP contribution in [0.4, 0.5) is 10.8 Å². The predicted octanol–water partition coefficient (Wildman–Crippen LogP) is 2.89. The number of nitrogens with one attached hydrogen (secondary N) is 1. The number of nitrogen functional groups attached to an aromatic ring is 1. The minimum absolute atomic E-state index is 0.0476. The number of rotatable bonds is 5. The van der Waals surface area contributed by atoms with Gasteiger partial charge in [0.1, 0.15) is 0 Å². The van der Waals surface area contributed by atoms with E-state index < -0.39 is 0 Å². The number of hydrogen-bond donors (Lipinski definition) is 2. The number of hydrogen-bond acceptors (Lipinski definition) is 5. The molecule has 1 aliphatic heterocycles. The van der Waals surface area contributed by atoms with E-state index in [4.69, 9.17) is 5.73 Å². The van der Waals surface area contributed by atoms with Crippen molar-refractivity contribution in [1.29, 1.82) is 0 Å². The fourth-order valence-electron chi connectivity index (χ4n) is 2.77. The summed E-state index contributed by atoms with van der Waals surface area (Å²) in [4.78, 5) is 19.0. The monoisotopic (exact) mass is 330 g/mol. The van der Waals surface area contributed by atoms with Crippen molar-refractivity contribution in [2.45, 2.75) is 32.2 Å². The first-order valence-electron chi connectivity index (χ1n) is 8.00. The number of carbonyl (C=O) groups excluding carboxylic acids is 1. The highest BCUT2D eigenvalue weighted by molar-refractivity contribution is 7.13. The summed E-state index contributed by atoms with van der Waals surface area (Å²) < 4.78 is 0. The second kappa shape index (κ2) is 7.57. The summed E-state index contributed by atoms with van der Waals surface area (Å²) in [5, 5.41) is 5.59. The van der Waals surface area contributed by atoms with Crippen LogP contribution in [0.25, 0.3) is 0 Å². The van der Waals surface area contributed by atoms with E-state index in [1.165, 1.54) is 30.6 Å². The quantitative estimate of drug-likeness (QED) is 0.827. The molecule has 0 aliphatic carbocycles. The first kappa shape index (κ1) is 16.0. The van der Waals surface area contributed by atoms with Crippen molar-refractivity contribution in [3.8, 4) is 0 Å². The highest BCUT2D eigenvalue weighted by Crippen LogP contribution is 2.19. The Morgan fingerprint density at radius 3 is 2.70 bits per heavy atom. The highest BCUT2D eigenvalue weighted by atomic mass is 32.1. The molecule has 5 nitrogen and oxygen atoms in total. The van der Waals surface area contributed by atoms with Crippen molar-refractivity contribution in [2.75, 3.05) is 24.1 Å². The molecule has 0 unspecified atom stereocenters. The summed E-state index contributed by atoms with van der Waals surface area (Å²) in [5.41, 5.74) is 8.34. The second-order valence-corrected chi connectivity index (χ2v) is 6.81. The number of anilines is 2. The largest absolute Gasteiger partial charge is 0.399 e. The number of likely N-dealkylation sites (tertiary alicyclic amines) is 1. The number of amides is 1. The summed E-state index contributed by atoms with van der Waals surface area (Å²) in [7, 11) is 0. The van der Waals surface area contributed by atoms with Crippen molar-refractivity contribution in [3.63, 3.8) is 0 Å². The molecule has 1 aliphatic rings. The van der Waals surface area contributed by atoms with Crippen molar-refractivity contribution in [3.05, 3.63) is 40.9 Å². The molecule has 3 rings (SSSR count). The zero-order valence-corrected chi connectivity index (χ0v) is 13.9. The molecule has 23 heavy (non-hydrogen) atoms. The van der Waals surface area contributed by atoms with Crippen molar-refractivity contribution in [2.24, 2.45) is 0 Å². The number of aromatic nitrogens is 1. The van der Waals surface area contributed by atoms with E-state index in [1.807, 2.05) is 29.6 Å². The van der Waals surface area contributed by atoms with Crippen LogP contribution in [-0.2, 0) is 17.8 Å². The second-order valence-electron chi connectivity index (χ2n) is 5.95. The van der Waals surface area contributed by atoms with Crippen LogP contribution >= 0.6 is 11.3 Å². The van der Waals surface area contributed by atoms with Gasteiger partial charge in [-0.05, 0) is 43.6 Å². The lowest BCUT2D eigenvalue weighted by Gasteiger charge is -2.25. The van der Waals surface area contributed by atoms with Crippen LogP contribution in [0.1, 0.15) is 30.5 Å². The predicted molar refractivity (Wildman–Crippen MR) is 94.4 cm³/mol. The van der Waals surface area contributed by atoms with Crippen LogP contribution in [0, 0.1) is 0 Å². The normalized spacial score (nSPS) is 15.5. The molecule has 0 bridgehead atoms. The van der Waals surface area contributed by atoms with E-state index in [1.54, 1.807) is 0 Å². The van der Waals surface area contributed by atoms with Crippen LogP contribution in [0.5, 0.6) is 0 Å². The number of nitrogens with zero attached hydrogens (tertiary/aromatic N) is 2. The third kappa shape index (κ3) is 4.77. The maximum Gasteiger partial charge on any atom is 0.230 e. The fraction of sp³-hybridized carbons (Fsp3) is 0.412. The molecule has 1 fully saturated rings. The van der Waals surface area contributed by atoms with E-state index in [9.17, 15) is 4.79 Å². The Morgan fingerprint density at radius 1 is 1.22 bits per heavy atom. The van der Waals surface area contributed by atoms with Crippen LogP contribution in [0.2, 0.25) is 0 Å². The smallest absolute Gasteiger partial charge is 0.230 e. The highest BCUT2D eigenvalue weighted by Gasteiger charge is 2.13. The Bertz CT molecular complexity index is 647. The average Bonchev–Trinajstić information content (AvgIpc) is 2.97. The minimum atomic E-state index is -0.0476. The number of thiazole rings is 1. The van der Waals surface area contributed by atoms with E-state index in [2.05, 4.69) is 15.2 Å². The van der Waals surface area contributed by atoms with Crippen molar-refractivity contribution in [1.82, 2.24) is 9.88 Å². The van der Waals surface area contributed by atoms with Gasteiger partial charge in [-0.25, -0.2) is 4.98 Å². The molecule has 1 saturated heterocycles. The van der Waals surface area contributed by atoms with Crippen LogP contribution in [-0.4, -0.2) is 28.9 Å². The Hall–Kier alpha value is -1.92. The third-order valence-electron chi connectivity index (χ3n) is 3.98. The molecule has 2 aromatic rings. The third-order valence-corrected chi connectivity index (χ3v) is 4.78. The van der Waals surface area contributed by atoms with Crippen LogP contribution in [0.15, 0.2) is 29.6 Å². The molecule has 1 aromatic carbocycles. The van der Waals surface area contributed by atoms with Gasteiger partial charge in [0.15, 0.2) is 5.13 Å². The van der Waals surface area contributed by atoms with Crippen LogP contribution < -0.4 is 11.1 Å². The van der Waals surface area contributed by atoms with Gasteiger partial charge in [-0.1, -0.05) is 18.6 Å². The van der Waals surface area contributed by atoms with E-state index in [-0.39, 0.29) is 5.91 Å². The molecule has 122 valence electrons. The lowest BCUT2D eigenvalue weighted by atomic mass is 10.1. The Labute approximate surface area is 140 Å². The zero-order chi connectivity index (χ0) is 16.1. The Morgan fingerprint density at radius 2 is 1.96 bits per heavy atom. The van der Waals surface area contributed by atoms with Gasteiger partial charge in [-0.15, -0.1) is 11.3 Å². The van der Waals surface area contributed by atoms with Gasteiger partial charge < -0.3 is 11.1 Å². The topological polar surface area (TPSA) is 71.2 Å². The molecule has 3 N–H and O–H groups in total. The molecule has 2 heterocycles. The van der Waals surface area contributed by atoms with Crippen molar-refractivity contribution < 1.29 is 4.79 Å². The summed E-state index contributed by atoms with van der Waals surface area (Å²) in [6.07, 6.45) is 4.21. The lowest BCUT2D eigenvalue weighted by molar-refractivity contribution is -0.115. The Balaban J connectivity index is 1.51. The molecule has 0 spiro atoms. The summed E-state index contributed by atoms with van der Waals surface area (Å²) in [6.45, 7) is 3.18. The standard InChI is InChI=1S/C17H22N4OS/c18-14-6-4-13(5-7-14)10-16(22)20-17-19-15(12-23-17)11-21-8-2-1-3-9-21/h4-7,12H,1-3,8-11,18H2,(H,19,20,22). The average molecular weight is 330 g/mol. The molecular formula is C17H22N4OS. The maximum atomic E-state index is 12.1. The molecule has 0 atom stereocenters. The van der Waals surface area contributed by atoms with E-state index in [0.717, 1.165) is 30.9 Å². The molecule has 0 saturated carbocycles. The first-order chi connectivity index (χ1) is 11.2. The minimum Gasteiger partial charge on any atom is -0.399 e. The van der Waals surface area contributed by atoms with E-state index >= 15 is 0 Å². The van der Waals surface area contributed by atoms with E-state index in [0.29, 0.717) is 17.2 Å². The van der Waals surface area contributed by atoms with Gasteiger partial charge >= 0.3 is 0 Å². The first-order valence-corrected chi connectivity index (χ1v) is 8.88. The van der Waals surface area contributed by atoms with Crippen LogP contribution in [0.3, 0.4) is 0 Å². The number of piperidine rings is 1. The van der Waals surface area contributed by atoms with Gasteiger partial charge in [0.25, 0.3) is 0 Å². The number of carbonyl (C=O) groups is 1. The Kier molecular flexibility index (Phi) is 5.25. The molecule has 1 amide bonds. The van der Waals surface area contributed by atoms with Gasteiger partial charge in [0.2, 0.25) is 5.91 Å². The molecular weight excluding hydrogens is 308 g/mol. The summed E-state index contributed by atoms with van der Waals surface area (Å²) >= 11 is 1.49. The van der Waals surface area contributed by atoms with Gasteiger partial charge in [0.05, 0.1) is 12.1 Å². The zero-order valence-electron chi connectivity index (χ0n) is 13.1.